The van der Waals surface area contributed by atoms with Crippen LogP contribution in [0, 0.1) is 3.57 Å². The van der Waals surface area contributed by atoms with Gasteiger partial charge in [0.1, 0.15) is 0 Å². The Hall–Kier alpha value is -2.95. The Labute approximate surface area is 210 Å². The van der Waals surface area contributed by atoms with Gasteiger partial charge >= 0.3 is 0 Å². The van der Waals surface area contributed by atoms with Crippen LogP contribution in [0.3, 0.4) is 0 Å². The second-order valence-corrected chi connectivity index (χ2v) is 13.0. The predicted octanol–water partition coefficient (Wildman–Crippen LogP) is 6.16. The summed E-state index contributed by atoms with van der Waals surface area (Å²) in [5.41, 5.74) is 0.878. The first-order chi connectivity index (χ1) is 16.3. The molecule has 0 fully saturated rings. The molecule has 0 bridgehead atoms. The Balaban J connectivity index is 1.88. The molecule has 1 aliphatic rings. The zero-order valence-electron chi connectivity index (χ0n) is 17.5. The zero-order valence-corrected chi connectivity index (χ0v) is 21.3. The molecule has 0 saturated heterocycles. The lowest BCUT2D eigenvalue weighted by atomic mass is 9.94. The molecule has 5 aromatic carbocycles. The quantitative estimate of drug-likeness (QED) is 0.217. The molecule has 1 aliphatic heterocycles. The molecule has 0 aliphatic carbocycles. The topological polar surface area (TPSA) is 71.5 Å². The summed E-state index contributed by atoms with van der Waals surface area (Å²) in [5, 5.41) is 3.02. The van der Waals surface area contributed by atoms with Gasteiger partial charge in [-0.15, -0.1) is 0 Å². The molecule has 0 aromatic heterocycles. The molecule has 0 spiro atoms. The first-order valence-electron chi connectivity index (χ1n) is 10.4. The third-order valence-corrected chi connectivity index (χ3v) is 11.0. The van der Waals surface area contributed by atoms with Gasteiger partial charge in [-0.2, -0.15) is 20.5 Å². The van der Waals surface area contributed by atoms with E-state index in [0.717, 1.165) is 14.3 Å². The minimum Gasteiger partial charge on any atom is -0.200 e. The van der Waals surface area contributed by atoms with Gasteiger partial charge < -0.3 is 0 Å². The third kappa shape index (κ3) is 3.02. The second kappa shape index (κ2) is 7.53. The first kappa shape index (κ1) is 21.6. The zero-order chi connectivity index (χ0) is 23.7. The summed E-state index contributed by atoms with van der Waals surface area (Å²) in [4.78, 5) is -0.0770. The lowest BCUT2D eigenvalue weighted by Crippen LogP contribution is -2.36. The van der Waals surface area contributed by atoms with Gasteiger partial charge in [0, 0.05) is 14.7 Å². The number of benzene rings is 5. The van der Waals surface area contributed by atoms with E-state index in [-0.39, 0.29) is 15.5 Å². The van der Waals surface area contributed by atoms with Crippen molar-refractivity contribution in [3.8, 4) is 11.1 Å². The van der Waals surface area contributed by atoms with Crippen LogP contribution in [0.5, 0.6) is 0 Å². The number of sulfonamides is 2. The number of nitrogens with zero attached hydrogens (tertiary/aromatic N) is 1. The van der Waals surface area contributed by atoms with E-state index in [1.54, 1.807) is 24.3 Å². The average Bonchev–Trinajstić information content (AvgIpc) is 2.89. The van der Waals surface area contributed by atoms with Gasteiger partial charge in [0.2, 0.25) is 0 Å². The van der Waals surface area contributed by atoms with Crippen LogP contribution >= 0.6 is 22.6 Å². The highest BCUT2D eigenvalue weighted by Gasteiger charge is 2.43. The molecule has 0 radical (unpaired) electrons. The van der Waals surface area contributed by atoms with E-state index in [4.69, 9.17) is 0 Å². The molecule has 5 nitrogen and oxygen atoms in total. The number of hydrogen-bond acceptors (Lipinski definition) is 4. The van der Waals surface area contributed by atoms with Crippen LogP contribution in [0.15, 0.2) is 107 Å². The van der Waals surface area contributed by atoms with E-state index in [1.165, 1.54) is 24.3 Å². The molecule has 0 amide bonds. The largest absolute Gasteiger partial charge is 0.278 e. The van der Waals surface area contributed by atoms with Crippen molar-refractivity contribution >= 4 is 69.9 Å². The monoisotopic (exact) mass is 597 g/mol. The summed E-state index contributed by atoms with van der Waals surface area (Å²) in [6, 6.07) is 27.7. The van der Waals surface area contributed by atoms with E-state index in [0.29, 0.717) is 25.6 Å². The average molecular weight is 597 g/mol. The SMILES string of the molecule is O=S1(=O)c2ccc3ccccc3c2-c2c(ccc3ccccc23)S(=O)(=O)N1c1ccc(I)cc1. The minimum absolute atomic E-state index is 0.0385. The Morgan fingerprint density at radius 2 is 0.971 bits per heavy atom. The smallest absolute Gasteiger partial charge is 0.200 e. The van der Waals surface area contributed by atoms with Crippen molar-refractivity contribution in [1.29, 1.82) is 0 Å². The Morgan fingerprint density at radius 1 is 0.529 bits per heavy atom. The standard InChI is InChI=1S/C26H16INO4S2/c27-19-11-13-20(14-12-19)28-33(29,30)23-15-9-17-5-1-3-7-21(17)25(23)26-22-8-4-2-6-18(22)10-16-24(26)34(28,31)32/h1-16H. The molecule has 0 unspecified atom stereocenters. The maximum atomic E-state index is 14.1. The van der Waals surface area contributed by atoms with Crippen LogP contribution in [-0.4, -0.2) is 16.8 Å². The number of halogens is 1. The Kier molecular flexibility index (Phi) is 4.78. The van der Waals surface area contributed by atoms with Crippen molar-refractivity contribution in [2.24, 2.45) is 0 Å². The number of fused-ring (bicyclic) bond motifs is 7. The predicted molar refractivity (Wildman–Crippen MR) is 143 cm³/mol. The van der Waals surface area contributed by atoms with E-state index >= 15 is 0 Å². The van der Waals surface area contributed by atoms with Crippen molar-refractivity contribution < 1.29 is 16.8 Å². The van der Waals surface area contributed by atoms with Gasteiger partial charge in [-0.25, -0.2) is 0 Å². The molecule has 34 heavy (non-hydrogen) atoms. The minimum atomic E-state index is -4.48. The highest BCUT2D eigenvalue weighted by Crippen LogP contribution is 2.48. The normalized spacial score (nSPS) is 16.1. The summed E-state index contributed by atoms with van der Waals surface area (Å²) in [5.74, 6) is 0. The van der Waals surface area contributed by atoms with Gasteiger partial charge in [0.25, 0.3) is 20.0 Å². The van der Waals surface area contributed by atoms with Gasteiger partial charge in [0.15, 0.2) is 0 Å². The van der Waals surface area contributed by atoms with E-state index in [2.05, 4.69) is 22.6 Å². The van der Waals surface area contributed by atoms with Gasteiger partial charge in [0.05, 0.1) is 15.5 Å². The summed E-state index contributed by atoms with van der Waals surface area (Å²) < 4.78 is 57.9. The van der Waals surface area contributed by atoms with E-state index < -0.39 is 20.0 Å². The van der Waals surface area contributed by atoms with Crippen molar-refractivity contribution in [3.05, 3.63) is 101 Å². The van der Waals surface area contributed by atoms with E-state index in [1.807, 2.05) is 48.5 Å². The molecule has 0 N–H and O–H groups in total. The summed E-state index contributed by atoms with van der Waals surface area (Å²) in [6.07, 6.45) is 0. The highest BCUT2D eigenvalue weighted by molar-refractivity contribution is 14.1. The lowest BCUT2D eigenvalue weighted by Gasteiger charge is -2.22. The van der Waals surface area contributed by atoms with Crippen molar-refractivity contribution in [2.45, 2.75) is 9.79 Å². The molecule has 8 heteroatoms. The molecule has 0 atom stereocenters. The molecule has 0 saturated carbocycles. The van der Waals surface area contributed by atoms with Crippen LogP contribution in [0.1, 0.15) is 0 Å². The first-order valence-corrected chi connectivity index (χ1v) is 14.4. The fourth-order valence-corrected chi connectivity index (χ4v) is 9.05. The fraction of sp³-hybridized carbons (Fsp3) is 0. The van der Waals surface area contributed by atoms with Gasteiger partial charge in [-0.3, -0.25) is 0 Å². The highest BCUT2D eigenvalue weighted by atomic mass is 127. The van der Waals surface area contributed by atoms with Crippen molar-refractivity contribution in [1.82, 2.24) is 0 Å². The molecule has 1 heterocycles. The third-order valence-electron chi connectivity index (χ3n) is 6.06. The van der Waals surface area contributed by atoms with Crippen LogP contribution in [0.25, 0.3) is 32.7 Å². The number of anilines is 1. The summed E-state index contributed by atoms with van der Waals surface area (Å²) >= 11 is 2.09. The maximum absolute atomic E-state index is 14.1. The number of rotatable bonds is 1. The number of hydrogen-bond donors (Lipinski definition) is 0. The van der Waals surface area contributed by atoms with Crippen LogP contribution < -0.4 is 3.71 Å². The van der Waals surface area contributed by atoms with Gasteiger partial charge in [-0.05, 0) is 80.5 Å². The Bertz CT molecular complexity index is 1730. The fourth-order valence-electron chi connectivity index (χ4n) is 4.60. The van der Waals surface area contributed by atoms with Crippen LogP contribution in [0.4, 0.5) is 5.69 Å². The lowest BCUT2D eigenvalue weighted by molar-refractivity contribution is 0.585. The maximum Gasteiger partial charge on any atom is 0.278 e. The Morgan fingerprint density at radius 3 is 1.44 bits per heavy atom. The molecule has 6 rings (SSSR count). The molecular weight excluding hydrogens is 581 g/mol. The van der Waals surface area contributed by atoms with Crippen molar-refractivity contribution in [3.63, 3.8) is 0 Å². The molecular formula is C26H16INO4S2. The van der Waals surface area contributed by atoms with E-state index in [9.17, 15) is 16.8 Å². The van der Waals surface area contributed by atoms with Crippen LogP contribution in [-0.2, 0) is 20.0 Å². The van der Waals surface area contributed by atoms with Crippen molar-refractivity contribution in [2.75, 3.05) is 3.71 Å². The van der Waals surface area contributed by atoms with Crippen LogP contribution in [0.2, 0.25) is 0 Å². The summed E-state index contributed by atoms with van der Waals surface area (Å²) in [7, 11) is -8.96. The second-order valence-electron chi connectivity index (χ2n) is 8.00. The van der Waals surface area contributed by atoms with Gasteiger partial charge in [-0.1, -0.05) is 60.7 Å². The summed E-state index contributed by atoms with van der Waals surface area (Å²) in [6.45, 7) is 0. The molecule has 5 aromatic rings. The molecule has 168 valence electrons.